The minimum atomic E-state index is -0.809. The van der Waals surface area contributed by atoms with Gasteiger partial charge in [-0.15, -0.1) is 0 Å². The predicted octanol–water partition coefficient (Wildman–Crippen LogP) is 4.98. The van der Waals surface area contributed by atoms with Crippen LogP contribution in [0.1, 0.15) is 17.5 Å². The van der Waals surface area contributed by atoms with Crippen LogP contribution in [0.5, 0.6) is 11.5 Å². The summed E-state index contributed by atoms with van der Waals surface area (Å²) in [6, 6.07) is 16.1. The summed E-state index contributed by atoms with van der Waals surface area (Å²) in [5.74, 6) is 0.688. The molecule has 0 aliphatic heterocycles. The van der Waals surface area contributed by atoms with Crippen LogP contribution in [0, 0.1) is 6.92 Å². The van der Waals surface area contributed by atoms with Gasteiger partial charge in [-0.05, 0) is 60.9 Å². The Morgan fingerprint density at radius 2 is 2.00 bits per heavy atom. The molecule has 3 aromatic rings. The quantitative estimate of drug-likeness (QED) is 0.502. The molecule has 1 aromatic heterocycles. The standard InChI is InChI=1S/C23H23ClN2O4/c1-16-12-21(7-5-17(16)6-8-23(28)29)30-11-10-26(22-4-2-3-9-25-22)19-13-18(24)14-20(27)15-19/h2-5,7,9,12-15,27H,6,8,10-11H2,1H3,(H,28,29). The molecular formula is C23H23ClN2O4. The summed E-state index contributed by atoms with van der Waals surface area (Å²) in [5.41, 5.74) is 2.70. The number of rotatable bonds is 9. The maximum atomic E-state index is 10.8. The predicted molar refractivity (Wildman–Crippen MR) is 117 cm³/mol. The van der Waals surface area contributed by atoms with Gasteiger partial charge in [0, 0.05) is 29.4 Å². The summed E-state index contributed by atoms with van der Waals surface area (Å²) < 4.78 is 5.92. The molecule has 0 fully saturated rings. The van der Waals surface area contributed by atoms with Gasteiger partial charge in [0.15, 0.2) is 0 Å². The maximum absolute atomic E-state index is 10.8. The number of hydrogen-bond acceptors (Lipinski definition) is 5. The molecule has 0 unspecified atom stereocenters. The van der Waals surface area contributed by atoms with E-state index in [0.29, 0.717) is 41.8 Å². The molecule has 3 rings (SSSR count). The zero-order chi connectivity index (χ0) is 21.5. The first kappa shape index (κ1) is 21.5. The lowest BCUT2D eigenvalue weighted by Crippen LogP contribution is -2.24. The van der Waals surface area contributed by atoms with E-state index in [1.807, 2.05) is 48.2 Å². The van der Waals surface area contributed by atoms with E-state index in [2.05, 4.69) is 4.98 Å². The summed E-state index contributed by atoms with van der Waals surface area (Å²) in [6.45, 7) is 2.80. The van der Waals surface area contributed by atoms with Gasteiger partial charge in [0.2, 0.25) is 0 Å². The highest BCUT2D eigenvalue weighted by molar-refractivity contribution is 6.31. The van der Waals surface area contributed by atoms with Crippen molar-refractivity contribution in [2.45, 2.75) is 19.8 Å². The molecule has 6 nitrogen and oxygen atoms in total. The SMILES string of the molecule is Cc1cc(OCCN(c2cc(O)cc(Cl)c2)c2ccccn2)ccc1CCC(=O)O. The normalized spacial score (nSPS) is 10.6. The van der Waals surface area contributed by atoms with Gasteiger partial charge < -0.3 is 19.8 Å². The number of phenolic OH excluding ortho intramolecular Hbond substituents is 1. The molecule has 1 heterocycles. The van der Waals surface area contributed by atoms with E-state index in [1.165, 1.54) is 6.07 Å². The number of aliphatic carboxylic acids is 1. The Morgan fingerprint density at radius 3 is 2.67 bits per heavy atom. The van der Waals surface area contributed by atoms with Crippen LogP contribution in [-0.4, -0.2) is 34.3 Å². The Kier molecular flexibility index (Phi) is 7.14. The average Bonchev–Trinajstić information content (AvgIpc) is 2.70. The minimum absolute atomic E-state index is 0.0759. The number of aromatic nitrogens is 1. The highest BCUT2D eigenvalue weighted by atomic mass is 35.5. The second kappa shape index (κ2) is 9.98. The number of pyridine rings is 1. The Balaban J connectivity index is 1.70. The highest BCUT2D eigenvalue weighted by Gasteiger charge is 2.13. The van der Waals surface area contributed by atoms with Gasteiger partial charge >= 0.3 is 5.97 Å². The maximum Gasteiger partial charge on any atom is 0.303 e. The van der Waals surface area contributed by atoms with Crippen molar-refractivity contribution in [1.29, 1.82) is 0 Å². The van der Waals surface area contributed by atoms with Gasteiger partial charge in [-0.1, -0.05) is 23.7 Å². The van der Waals surface area contributed by atoms with Crippen LogP contribution in [0.25, 0.3) is 0 Å². The fourth-order valence-electron chi connectivity index (χ4n) is 3.14. The lowest BCUT2D eigenvalue weighted by Gasteiger charge is -2.24. The Morgan fingerprint density at radius 1 is 1.17 bits per heavy atom. The summed E-state index contributed by atoms with van der Waals surface area (Å²) >= 11 is 6.11. The zero-order valence-electron chi connectivity index (χ0n) is 16.6. The lowest BCUT2D eigenvalue weighted by molar-refractivity contribution is -0.136. The Labute approximate surface area is 180 Å². The third-order valence-electron chi connectivity index (χ3n) is 4.61. The molecule has 30 heavy (non-hydrogen) atoms. The van der Waals surface area contributed by atoms with E-state index in [9.17, 15) is 9.90 Å². The van der Waals surface area contributed by atoms with E-state index in [1.54, 1.807) is 18.3 Å². The van der Waals surface area contributed by atoms with E-state index >= 15 is 0 Å². The number of benzene rings is 2. The Bertz CT molecular complexity index is 991. The first-order valence-electron chi connectivity index (χ1n) is 9.54. The van der Waals surface area contributed by atoms with Crippen LogP contribution < -0.4 is 9.64 Å². The molecule has 7 heteroatoms. The van der Waals surface area contributed by atoms with Gasteiger partial charge in [0.1, 0.15) is 23.9 Å². The third kappa shape index (κ3) is 5.87. The number of carboxylic acids is 1. The van der Waals surface area contributed by atoms with Gasteiger partial charge in [-0.3, -0.25) is 4.79 Å². The van der Waals surface area contributed by atoms with Crippen LogP contribution in [0.15, 0.2) is 60.8 Å². The largest absolute Gasteiger partial charge is 0.508 e. The number of anilines is 2. The number of ether oxygens (including phenoxy) is 1. The van der Waals surface area contributed by atoms with Crippen molar-refractivity contribution >= 4 is 29.1 Å². The molecule has 0 spiro atoms. The van der Waals surface area contributed by atoms with Gasteiger partial charge in [-0.25, -0.2) is 4.98 Å². The van der Waals surface area contributed by atoms with Gasteiger partial charge in [-0.2, -0.15) is 0 Å². The van der Waals surface area contributed by atoms with Gasteiger partial charge in [0.25, 0.3) is 0 Å². The number of aryl methyl sites for hydroxylation is 2. The molecular weight excluding hydrogens is 404 g/mol. The van der Waals surface area contributed by atoms with Crippen molar-refractivity contribution in [3.8, 4) is 11.5 Å². The van der Waals surface area contributed by atoms with E-state index in [0.717, 1.165) is 11.1 Å². The molecule has 0 saturated carbocycles. The fraction of sp³-hybridized carbons (Fsp3) is 0.217. The topological polar surface area (TPSA) is 82.9 Å². The number of hydrogen-bond donors (Lipinski definition) is 2. The Hall–Kier alpha value is -3.25. The number of carbonyl (C=O) groups is 1. The van der Waals surface area contributed by atoms with Crippen molar-refractivity contribution in [2.24, 2.45) is 0 Å². The molecule has 2 aromatic carbocycles. The summed E-state index contributed by atoms with van der Waals surface area (Å²) in [6.07, 6.45) is 2.30. The molecule has 0 atom stereocenters. The minimum Gasteiger partial charge on any atom is -0.508 e. The van der Waals surface area contributed by atoms with Crippen LogP contribution >= 0.6 is 11.6 Å². The molecule has 0 amide bonds. The molecule has 0 bridgehead atoms. The van der Waals surface area contributed by atoms with Crippen LogP contribution in [0.2, 0.25) is 5.02 Å². The molecule has 0 aliphatic carbocycles. The first-order valence-corrected chi connectivity index (χ1v) is 9.92. The highest BCUT2D eigenvalue weighted by Crippen LogP contribution is 2.30. The third-order valence-corrected chi connectivity index (χ3v) is 4.83. The van der Waals surface area contributed by atoms with Crippen molar-refractivity contribution in [1.82, 2.24) is 4.98 Å². The van der Waals surface area contributed by atoms with Gasteiger partial charge in [0.05, 0.1) is 6.54 Å². The number of carboxylic acid groups (broad SMARTS) is 1. The van der Waals surface area contributed by atoms with Crippen LogP contribution in [0.3, 0.4) is 0 Å². The van der Waals surface area contributed by atoms with Crippen molar-refractivity contribution in [2.75, 3.05) is 18.1 Å². The van der Waals surface area contributed by atoms with E-state index < -0.39 is 5.97 Å². The number of nitrogens with zero attached hydrogens (tertiary/aromatic N) is 2. The second-order valence-electron chi connectivity index (χ2n) is 6.84. The smallest absolute Gasteiger partial charge is 0.303 e. The average molecular weight is 427 g/mol. The zero-order valence-corrected chi connectivity index (χ0v) is 17.3. The summed E-state index contributed by atoms with van der Waals surface area (Å²) in [4.78, 5) is 17.1. The van der Waals surface area contributed by atoms with E-state index in [-0.39, 0.29) is 12.2 Å². The number of halogens is 1. The van der Waals surface area contributed by atoms with Crippen molar-refractivity contribution < 1.29 is 19.7 Å². The molecule has 0 saturated heterocycles. The monoisotopic (exact) mass is 426 g/mol. The van der Waals surface area contributed by atoms with Crippen molar-refractivity contribution in [3.05, 3.63) is 76.9 Å². The molecule has 156 valence electrons. The van der Waals surface area contributed by atoms with Crippen LogP contribution in [0.4, 0.5) is 11.5 Å². The second-order valence-corrected chi connectivity index (χ2v) is 7.27. The summed E-state index contributed by atoms with van der Waals surface area (Å²) in [7, 11) is 0. The number of phenols is 1. The van der Waals surface area contributed by atoms with Crippen LogP contribution in [-0.2, 0) is 11.2 Å². The molecule has 0 radical (unpaired) electrons. The number of aromatic hydroxyl groups is 1. The summed E-state index contributed by atoms with van der Waals surface area (Å²) in [5, 5.41) is 19.2. The van der Waals surface area contributed by atoms with Crippen molar-refractivity contribution in [3.63, 3.8) is 0 Å². The van der Waals surface area contributed by atoms with E-state index in [4.69, 9.17) is 21.4 Å². The fourth-order valence-corrected chi connectivity index (χ4v) is 3.36. The molecule has 0 aliphatic rings. The first-order chi connectivity index (χ1) is 14.4. The lowest BCUT2D eigenvalue weighted by atomic mass is 10.0. The molecule has 2 N–H and O–H groups in total.